The van der Waals surface area contributed by atoms with E-state index < -0.39 is 0 Å². The highest BCUT2D eigenvalue weighted by molar-refractivity contribution is 5.23. The summed E-state index contributed by atoms with van der Waals surface area (Å²) in [6.45, 7) is 6.78. The standard InChI is InChI=1S/C14H22N2/c1-10-6-11(9-16-8-10)12-7-14(2,3)5-4-13(12)15/h6,8-9,12-13H,4-5,7,15H2,1-3H3. The minimum absolute atomic E-state index is 0.302. The number of nitrogens with two attached hydrogens (primary N) is 1. The lowest BCUT2D eigenvalue weighted by Gasteiger charge is -2.39. The second kappa shape index (κ2) is 4.17. The third kappa shape index (κ3) is 2.43. The van der Waals surface area contributed by atoms with E-state index in [9.17, 15) is 0 Å². The van der Waals surface area contributed by atoms with Gasteiger partial charge in [-0.25, -0.2) is 0 Å². The molecule has 16 heavy (non-hydrogen) atoms. The molecule has 0 aromatic carbocycles. The van der Waals surface area contributed by atoms with Crippen LogP contribution in [0.4, 0.5) is 0 Å². The summed E-state index contributed by atoms with van der Waals surface area (Å²) in [7, 11) is 0. The van der Waals surface area contributed by atoms with Crippen molar-refractivity contribution in [2.45, 2.75) is 52.0 Å². The molecule has 1 aliphatic rings. The topological polar surface area (TPSA) is 38.9 Å². The molecule has 0 radical (unpaired) electrons. The third-order valence-electron chi connectivity index (χ3n) is 3.77. The summed E-state index contributed by atoms with van der Waals surface area (Å²) in [6.07, 6.45) is 7.44. The summed E-state index contributed by atoms with van der Waals surface area (Å²) in [5.41, 5.74) is 9.22. The van der Waals surface area contributed by atoms with Crippen LogP contribution in [0.3, 0.4) is 0 Å². The second-order valence-electron chi connectivity index (χ2n) is 5.97. The molecule has 2 nitrogen and oxygen atoms in total. The highest BCUT2D eigenvalue weighted by Gasteiger charge is 2.33. The molecule has 1 saturated carbocycles. The van der Waals surface area contributed by atoms with Crippen LogP contribution >= 0.6 is 0 Å². The van der Waals surface area contributed by atoms with Crippen LogP contribution < -0.4 is 5.73 Å². The lowest BCUT2D eigenvalue weighted by atomic mass is 9.68. The minimum atomic E-state index is 0.302. The van der Waals surface area contributed by atoms with Crippen molar-refractivity contribution in [3.05, 3.63) is 29.6 Å². The van der Waals surface area contributed by atoms with E-state index in [1.165, 1.54) is 24.0 Å². The SMILES string of the molecule is Cc1cncc(C2CC(C)(C)CCC2N)c1. The Balaban J connectivity index is 2.25. The fourth-order valence-corrected chi connectivity index (χ4v) is 2.75. The van der Waals surface area contributed by atoms with E-state index in [4.69, 9.17) is 5.73 Å². The largest absolute Gasteiger partial charge is 0.327 e. The van der Waals surface area contributed by atoms with Crippen molar-refractivity contribution in [1.82, 2.24) is 4.98 Å². The lowest BCUT2D eigenvalue weighted by molar-refractivity contribution is 0.198. The van der Waals surface area contributed by atoms with Gasteiger partial charge in [-0.1, -0.05) is 19.9 Å². The Hall–Kier alpha value is -0.890. The van der Waals surface area contributed by atoms with Gasteiger partial charge in [0, 0.05) is 24.4 Å². The summed E-state index contributed by atoms with van der Waals surface area (Å²) < 4.78 is 0. The van der Waals surface area contributed by atoms with Crippen molar-refractivity contribution in [2.24, 2.45) is 11.1 Å². The lowest BCUT2D eigenvalue weighted by Crippen LogP contribution is -2.37. The maximum atomic E-state index is 6.25. The fourth-order valence-electron chi connectivity index (χ4n) is 2.75. The maximum absolute atomic E-state index is 6.25. The van der Waals surface area contributed by atoms with Gasteiger partial charge >= 0.3 is 0 Å². The van der Waals surface area contributed by atoms with Gasteiger partial charge in [-0.05, 0) is 42.7 Å². The Morgan fingerprint density at radius 3 is 2.81 bits per heavy atom. The first-order valence-electron chi connectivity index (χ1n) is 6.15. The van der Waals surface area contributed by atoms with Crippen molar-refractivity contribution in [2.75, 3.05) is 0 Å². The molecule has 1 aromatic heterocycles. The summed E-state index contributed by atoms with van der Waals surface area (Å²) in [5.74, 6) is 0.483. The number of nitrogens with zero attached hydrogens (tertiary/aromatic N) is 1. The van der Waals surface area contributed by atoms with Gasteiger partial charge in [0.05, 0.1) is 0 Å². The van der Waals surface area contributed by atoms with E-state index in [2.05, 4.69) is 31.8 Å². The molecule has 2 unspecified atom stereocenters. The zero-order valence-corrected chi connectivity index (χ0v) is 10.5. The van der Waals surface area contributed by atoms with Gasteiger partial charge in [-0.3, -0.25) is 4.98 Å². The van der Waals surface area contributed by atoms with Gasteiger partial charge in [0.1, 0.15) is 0 Å². The van der Waals surface area contributed by atoms with E-state index in [1.54, 1.807) is 0 Å². The van der Waals surface area contributed by atoms with Crippen molar-refractivity contribution < 1.29 is 0 Å². The highest BCUT2D eigenvalue weighted by atomic mass is 14.7. The molecule has 2 N–H and O–H groups in total. The Bertz CT molecular complexity index is 371. The third-order valence-corrected chi connectivity index (χ3v) is 3.77. The first kappa shape index (κ1) is 11.6. The molecule has 2 rings (SSSR count). The molecule has 0 aliphatic heterocycles. The number of aromatic nitrogens is 1. The first-order valence-corrected chi connectivity index (χ1v) is 6.15. The van der Waals surface area contributed by atoms with Crippen LogP contribution in [0.5, 0.6) is 0 Å². The summed E-state index contributed by atoms with van der Waals surface area (Å²) in [5, 5.41) is 0. The quantitative estimate of drug-likeness (QED) is 0.787. The van der Waals surface area contributed by atoms with Crippen molar-refractivity contribution in [3.8, 4) is 0 Å². The zero-order valence-electron chi connectivity index (χ0n) is 10.5. The normalized spacial score (nSPS) is 29.0. The monoisotopic (exact) mass is 218 g/mol. The van der Waals surface area contributed by atoms with E-state index in [0.717, 1.165) is 6.42 Å². The summed E-state index contributed by atoms with van der Waals surface area (Å²) in [4.78, 5) is 4.29. The van der Waals surface area contributed by atoms with Gasteiger partial charge in [-0.2, -0.15) is 0 Å². The number of rotatable bonds is 1. The molecular formula is C14H22N2. The Kier molecular flexibility index (Phi) is 3.02. The van der Waals surface area contributed by atoms with Gasteiger partial charge in [-0.15, -0.1) is 0 Å². The zero-order chi connectivity index (χ0) is 11.8. The average molecular weight is 218 g/mol. The van der Waals surface area contributed by atoms with Gasteiger partial charge in [0.2, 0.25) is 0 Å². The van der Waals surface area contributed by atoms with Crippen LogP contribution in [0.2, 0.25) is 0 Å². The minimum Gasteiger partial charge on any atom is -0.327 e. The van der Waals surface area contributed by atoms with Crippen molar-refractivity contribution in [3.63, 3.8) is 0 Å². The molecule has 0 spiro atoms. The Morgan fingerprint density at radius 1 is 1.38 bits per heavy atom. The number of hydrogen-bond acceptors (Lipinski definition) is 2. The molecule has 0 saturated heterocycles. The highest BCUT2D eigenvalue weighted by Crippen LogP contribution is 2.42. The molecule has 0 bridgehead atoms. The predicted octanol–water partition coefficient (Wildman–Crippen LogP) is 3.01. The van der Waals surface area contributed by atoms with Crippen LogP contribution in [-0.4, -0.2) is 11.0 Å². The summed E-state index contributed by atoms with van der Waals surface area (Å²) in [6, 6.07) is 2.54. The summed E-state index contributed by atoms with van der Waals surface area (Å²) >= 11 is 0. The van der Waals surface area contributed by atoms with Gasteiger partial charge in [0.25, 0.3) is 0 Å². The Morgan fingerprint density at radius 2 is 2.12 bits per heavy atom. The van der Waals surface area contributed by atoms with Crippen molar-refractivity contribution >= 4 is 0 Å². The van der Waals surface area contributed by atoms with E-state index in [1.807, 2.05) is 12.4 Å². The molecule has 1 fully saturated rings. The van der Waals surface area contributed by atoms with Crippen LogP contribution in [0.15, 0.2) is 18.5 Å². The smallest absolute Gasteiger partial charge is 0.0303 e. The molecule has 2 atom stereocenters. The predicted molar refractivity (Wildman–Crippen MR) is 67.3 cm³/mol. The Labute approximate surface area is 98.3 Å². The second-order valence-corrected chi connectivity index (χ2v) is 5.97. The molecule has 88 valence electrons. The van der Waals surface area contributed by atoms with Crippen molar-refractivity contribution in [1.29, 1.82) is 0 Å². The molecule has 1 heterocycles. The number of hydrogen-bond donors (Lipinski definition) is 1. The molecule has 1 aromatic rings. The molecule has 1 aliphatic carbocycles. The van der Waals surface area contributed by atoms with Crippen LogP contribution in [-0.2, 0) is 0 Å². The molecule has 2 heteroatoms. The fraction of sp³-hybridized carbons (Fsp3) is 0.643. The van der Waals surface area contributed by atoms with E-state index in [0.29, 0.717) is 17.4 Å². The van der Waals surface area contributed by atoms with Crippen LogP contribution in [0.1, 0.15) is 50.2 Å². The number of pyridine rings is 1. The molecule has 0 amide bonds. The van der Waals surface area contributed by atoms with Crippen LogP contribution in [0, 0.1) is 12.3 Å². The number of aryl methyl sites for hydroxylation is 1. The molecular weight excluding hydrogens is 196 g/mol. The van der Waals surface area contributed by atoms with E-state index in [-0.39, 0.29) is 0 Å². The van der Waals surface area contributed by atoms with Gasteiger partial charge in [0.15, 0.2) is 0 Å². The van der Waals surface area contributed by atoms with E-state index >= 15 is 0 Å². The average Bonchev–Trinajstić information content (AvgIpc) is 2.22. The maximum Gasteiger partial charge on any atom is 0.0303 e. The van der Waals surface area contributed by atoms with Gasteiger partial charge < -0.3 is 5.73 Å². The van der Waals surface area contributed by atoms with Crippen LogP contribution in [0.25, 0.3) is 0 Å². The first-order chi connectivity index (χ1) is 7.48.